The van der Waals surface area contributed by atoms with E-state index in [1.807, 2.05) is 18.2 Å². The van der Waals surface area contributed by atoms with Crippen molar-refractivity contribution < 1.29 is 32.3 Å². The minimum Gasteiger partial charge on any atom is -0.456 e. The van der Waals surface area contributed by atoms with Crippen molar-refractivity contribution in [2.75, 3.05) is 44.8 Å². The molecule has 2 aromatic carbocycles. The Labute approximate surface area is 210 Å². The number of ether oxygens (including phenoxy) is 2. The number of morpholine rings is 1. The van der Waals surface area contributed by atoms with E-state index in [1.54, 1.807) is 11.0 Å². The molecule has 2 amide bonds. The van der Waals surface area contributed by atoms with Gasteiger partial charge in [-0.2, -0.15) is 4.31 Å². The van der Waals surface area contributed by atoms with E-state index >= 15 is 0 Å². The molecule has 2 heterocycles. The third-order valence-electron chi connectivity index (χ3n) is 6.22. The Balaban J connectivity index is 1.52. The van der Waals surface area contributed by atoms with Crippen molar-refractivity contribution in [2.45, 2.75) is 30.7 Å². The summed E-state index contributed by atoms with van der Waals surface area (Å²) in [6, 6.07) is 12.5. The predicted molar refractivity (Wildman–Crippen MR) is 130 cm³/mol. The molecule has 0 bridgehead atoms. The molecule has 2 aliphatic heterocycles. The van der Waals surface area contributed by atoms with Gasteiger partial charge in [0.1, 0.15) is 0 Å². The van der Waals surface area contributed by atoms with Crippen LogP contribution < -0.4 is 5.32 Å². The number of sulfonamides is 1. The number of carbonyl (C=O) groups is 3. The van der Waals surface area contributed by atoms with Gasteiger partial charge in [-0.25, -0.2) is 8.42 Å². The molecule has 1 fully saturated rings. The second-order valence-electron chi connectivity index (χ2n) is 8.64. The van der Waals surface area contributed by atoms with Crippen LogP contribution in [-0.2, 0) is 40.3 Å². The van der Waals surface area contributed by atoms with Gasteiger partial charge in [0, 0.05) is 32.2 Å². The van der Waals surface area contributed by atoms with E-state index in [2.05, 4.69) is 5.32 Å². The molecule has 2 aromatic rings. The number of fused-ring (bicyclic) bond motifs is 1. The Morgan fingerprint density at radius 2 is 1.72 bits per heavy atom. The van der Waals surface area contributed by atoms with Crippen LogP contribution in [0.15, 0.2) is 53.4 Å². The molecular formula is C25H29N3O7S. The molecule has 192 valence electrons. The maximum absolute atomic E-state index is 13.6. The molecule has 4 rings (SSSR count). The van der Waals surface area contributed by atoms with Crippen molar-refractivity contribution in [3.8, 4) is 0 Å². The average molecular weight is 516 g/mol. The monoisotopic (exact) mass is 515 g/mol. The molecule has 0 aliphatic carbocycles. The van der Waals surface area contributed by atoms with E-state index in [9.17, 15) is 22.8 Å². The SMILES string of the molecule is CC(=O)Nc1ccc(S(=O)(=O)N2CCc3ccccc3C2CC(=O)OCC(=O)N2CCOCC2)cc1. The summed E-state index contributed by atoms with van der Waals surface area (Å²) in [5, 5.41) is 2.61. The fourth-order valence-electron chi connectivity index (χ4n) is 4.44. The van der Waals surface area contributed by atoms with E-state index in [0.717, 1.165) is 11.1 Å². The molecule has 0 saturated carbocycles. The molecule has 0 aromatic heterocycles. The second-order valence-corrected chi connectivity index (χ2v) is 10.5. The van der Waals surface area contributed by atoms with Gasteiger partial charge in [0.2, 0.25) is 15.9 Å². The maximum Gasteiger partial charge on any atom is 0.308 e. The van der Waals surface area contributed by atoms with Gasteiger partial charge in [0.25, 0.3) is 5.91 Å². The van der Waals surface area contributed by atoms with Gasteiger partial charge in [-0.3, -0.25) is 14.4 Å². The molecule has 0 spiro atoms. The molecule has 1 unspecified atom stereocenters. The number of amides is 2. The molecule has 2 aliphatic rings. The number of hydrogen-bond donors (Lipinski definition) is 1. The first-order chi connectivity index (χ1) is 17.3. The van der Waals surface area contributed by atoms with Crippen LogP contribution in [0.25, 0.3) is 0 Å². The van der Waals surface area contributed by atoms with Crippen molar-refractivity contribution >= 4 is 33.5 Å². The number of carbonyl (C=O) groups excluding carboxylic acids is 3. The van der Waals surface area contributed by atoms with Gasteiger partial charge < -0.3 is 19.7 Å². The Bertz CT molecular complexity index is 1220. The molecular weight excluding hydrogens is 486 g/mol. The number of rotatable bonds is 7. The molecule has 1 saturated heterocycles. The summed E-state index contributed by atoms with van der Waals surface area (Å²) in [7, 11) is -3.97. The average Bonchev–Trinajstić information content (AvgIpc) is 2.88. The van der Waals surface area contributed by atoms with E-state index in [4.69, 9.17) is 9.47 Å². The largest absolute Gasteiger partial charge is 0.456 e. The Morgan fingerprint density at radius 1 is 1.03 bits per heavy atom. The lowest BCUT2D eigenvalue weighted by Crippen LogP contribution is -2.43. The summed E-state index contributed by atoms with van der Waals surface area (Å²) >= 11 is 0. The fraction of sp³-hybridized carbons (Fsp3) is 0.400. The van der Waals surface area contributed by atoms with E-state index < -0.39 is 28.6 Å². The molecule has 36 heavy (non-hydrogen) atoms. The summed E-state index contributed by atoms with van der Waals surface area (Å²) < 4.78 is 39.0. The standard InChI is InChI=1S/C25H29N3O7S/c1-18(29)26-20-6-8-21(9-7-20)36(32,33)28-11-10-19-4-2-3-5-22(19)23(28)16-25(31)35-17-24(30)27-12-14-34-15-13-27/h2-9,23H,10-17H2,1H3,(H,26,29). The fourth-order valence-corrected chi connectivity index (χ4v) is 6.05. The third kappa shape index (κ3) is 5.92. The maximum atomic E-state index is 13.6. The summed E-state index contributed by atoms with van der Waals surface area (Å²) in [4.78, 5) is 38.1. The van der Waals surface area contributed by atoms with E-state index in [0.29, 0.717) is 38.4 Å². The van der Waals surface area contributed by atoms with Crippen LogP contribution in [-0.4, -0.2) is 74.9 Å². The van der Waals surface area contributed by atoms with Gasteiger partial charge >= 0.3 is 5.97 Å². The van der Waals surface area contributed by atoms with Crippen LogP contribution in [0.5, 0.6) is 0 Å². The topological polar surface area (TPSA) is 122 Å². The lowest BCUT2D eigenvalue weighted by atomic mass is 9.92. The number of nitrogens with zero attached hydrogens (tertiary/aromatic N) is 2. The highest BCUT2D eigenvalue weighted by Crippen LogP contribution is 2.36. The molecule has 0 radical (unpaired) electrons. The summed E-state index contributed by atoms with van der Waals surface area (Å²) in [5.41, 5.74) is 2.18. The summed E-state index contributed by atoms with van der Waals surface area (Å²) in [5.74, 6) is -1.22. The quantitative estimate of drug-likeness (QED) is 0.557. The zero-order valence-electron chi connectivity index (χ0n) is 20.0. The minimum absolute atomic E-state index is 0.0526. The van der Waals surface area contributed by atoms with Crippen molar-refractivity contribution in [2.24, 2.45) is 0 Å². The second kappa shape index (κ2) is 11.2. The first-order valence-corrected chi connectivity index (χ1v) is 13.2. The van der Waals surface area contributed by atoms with Crippen molar-refractivity contribution in [3.63, 3.8) is 0 Å². The minimum atomic E-state index is -3.97. The normalized spacial score (nSPS) is 18.2. The van der Waals surface area contributed by atoms with Gasteiger partial charge in [0.15, 0.2) is 6.61 Å². The highest BCUT2D eigenvalue weighted by molar-refractivity contribution is 7.89. The smallest absolute Gasteiger partial charge is 0.308 e. The predicted octanol–water partition coefficient (Wildman–Crippen LogP) is 1.73. The van der Waals surface area contributed by atoms with Crippen LogP contribution in [0.4, 0.5) is 5.69 Å². The van der Waals surface area contributed by atoms with Crippen LogP contribution in [0, 0.1) is 0 Å². The zero-order chi connectivity index (χ0) is 25.7. The first-order valence-electron chi connectivity index (χ1n) is 11.7. The van der Waals surface area contributed by atoms with Crippen molar-refractivity contribution in [3.05, 3.63) is 59.7 Å². The van der Waals surface area contributed by atoms with Crippen LogP contribution in [0.3, 0.4) is 0 Å². The van der Waals surface area contributed by atoms with Crippen molar-refractivity contribution in [1.82, 2.24) is 9.21 Å². The number of benzene rings is 2. The van der Waals surface area contributed by atoms with Gasteiger partial charge in [0.05, 0.1) is 30.6 Å². The van der Waals surface area contributed by atoms with Crippen LogP contribution >= 0.6 is 0 Å². The zero-order valence-corrected chi connectivity index (χ0v) is 20.8. The molecule has 11 heteroatoms. The van der Waals surface area contributed by atoms with Crippen LogP contribution in [0.2, 0.25) is 0 Å². The van der Waals surface area contributed by atoms with Gasteiger partial charge in [-0.1, -0.05) is 24.3 Å². The van der Waals surface area contributed by atoms with Crippen LogP contribution in [0.1, 0.15) is 30.5 Å². The lowest BCUT2D eigenvalue weighted by molar-refractivity contribution is -0.154. The Hall–Kier alpha value is -3.28. The number of nitrogens with one attached hydrogen (secondary N) is 1. The third-order valence-corrected chi connectivity index (χ3v) is 8.15. The lowest BCUT2D eigenvalue weighted by Gasteiger charge is -2.36. The number of hydrogen-bond acceptors (Lipinski definition) is 7. The molecule has 10 nitrogen and oxygen atoms in total. The Kier molecular flexibility index (Phi) is 8.02. The Morgan fingerprint density at radius 3 is 2.42 bits per heavy atom. The first kappa shape index (κ1) is 25.8. The summed E-state index contributed by atoms with van der Waals surface area (Å²) in [6.45, 7) is 2.93. The number of anilines is 1. The highest BCUT2D eigenvalue weighted by atomic mass is 32.2. The molecule has 1 N–H and O–H groups in total. The summed E-state index contributed by atoms with van der Waals surface area (Å²) in [6.07, 6.45) is 0.275. The van der Waals surface area contributed by atoms with Gasteiger partial charge in [-0.15, -0.1) is 0 Å². The van der Waals surface area contributed by atoms with Gasteiger partial charge in [-0.05, 0) is 41.8 Å². The van der Waals surface area contributed by atoms with Crippen molar-refractivity contribution in [1.29, 1.82) is 0 Å². The molecule has 1 atom stereocenters. The highest BCUT2D eigenvalue weighted by Gasteiger charge is 2.38. The van der Waals surface area contributed by atoms with E-state index in [1.165, 1.54) is 35.5 Å². The van der Waals surface area contributed by atoms with E-state index in [-0.39, 0.29) is 29.7 Å². The number of esters is 1.